The highest BCUT2D eigenvalue weighted by Crippen LogP contribution is 2.20. The molecule has 2 aromatic heterocycles. The van der Waals surface area contributed by atoms with Crippen LogP contribution in [0.3, 0.4) is 0 Å². The highest BCUT2D eigenvalue weighted by molar-refractivity contribution is 5.79. The summed E-state index contributed by atoms with van der Waals surface area (Å²) in [4.78, 5) is 29.5. The summed E-state index contributed by atoms with van der Waals surface area (Å²) in [5.41, 5.74) is 0.200. The van der Waals surface area contributed by atoms with Crippen LogP contribution in [0.5, 0.6) is 0 Å². The minimum absolute atomic E-state index is 0.0864. The number of carbonyl (C=O) groups excluding carboxylic acids is 1. The Labute approximate surface area is 178 Å². The second kappa shape index (κ2) is 9.03. The van der Waals surface area contributed by atoms with Gasteiger partial charge in [0.1, 0.15) is 34.9 Å². The number of rotatable bonds is 5. The van der Waals surface area contributed by atoms with Crippen molar-refractivity contribution in [1.29, 1.82) is 0 Å². The largest absolute Gasteiger partial charge is 0.353 e. The topological polar surface area (TPSA) is 74.2 Å². The summed E-state index contributed by atoms with van der Waals surface area (Å²) in [7, 11) is 0. The van der Waals surface area contributed by atoms with Crippen LogP contribution in [0.1, 0.15) is 11.4 Å². The van der Waals surface area contributed by atoms with Gasteiger partial charge in [-0.25, -0.2) is 23.7 Å². The van der Waals surface area contributed by atoms with Crippen molar-refractivity contribution in [3.63, 3.8) is 0 Å². The van der Waals surface area contributed by atoms with Crippen LogP contribution in [0, 0.1) is 18.6 Å². The normalized spacial score (nSPS) is 13.9. The number of piperazine rings is 1. The average molecular weight is 424 g/mol. The third-order valence-corrected chi connectivity index (χ3v) is 5.06. The Bertz CT molecular complexity index is 1070. The third-order valence-electron chi connectivity index (χ3n) is 5.06. The van der Waals surface area contributed by atoms with Crippen LogP contribution in [-0.4, -0.2) is 51.9 Å². The van der Waals surface area contributed by atoms with Gasteiger partial charge in [-0.2, -0.15) is 0 Å². The molecule has 3 aromatic rings. The zero-order valence-corrected chi connectivity index (χ0v) is 17.1. The number of nitrogens with zero attached hydrogens (tertiary/aromatic N) is 5. The summed E-state index contributed by atoms with van der Waals surface area (Å²) in [5.74, 6) is 1.20. The van der Waals surface area contributed by atoms with Crippen molar-refractivity contribution in [2.75, 3.05) is 36.4 Å². The van der Waals surface area contributed by atoms with E-state index in [0.717, 1.165) is 18.0 Å². The molecule has 1 saturated heterocycles. The predicted octanol–water partition coefficient (Wildman–Crippen LogP) is 3.09. The molecular weight excluding hydrogens is 402 g/mol. The van der Waals surface area contributed by atoms with Gasteiger partial charge in [0.15, 0.2) is 0 Å². The molecule has 31 heavy (non-hydrogen) atoms. The van der Waals surface area contributed by atoms with Crippen molar-refractivity contribution in [2.45, 2.75) is 13.3 Å². The Kier molecular flexibility index (Phi) is 6.01. The molecule has 1 amide bonds. The first-order valence-corrected chi connectivity index (χ1v) is 9.98. The van der Waals surface area contributed by atoms with Crippen molar-refractivity contribution in [1.82, 2.24) is 19.9 Å². The molecule has 0 radical (unpaired) electrons. The molecule has 0 bridgehead atoms. The van der Waals surface area contributed by atoms with E-state index in [2.05, 4.69) is 25.2 Å². The molecule has 0 aliphatic carbocycles. The van der Waals surface area contributed by atoms with E-state index in [9.17, 15) is 13.6 Å². The zero-order valence-electron chi connectivity index (χ0n) is 17.1. The number of halogens is 2. The van der Waals surface area contributed by atoms with E-state index >= 15 is 0 Å². The fourth-order valence-electron chi connectivity index (χ4n) is 3.47. The molecule has 160 valence electrons. The predicted molar refractivity (Wildman–Crippen MR) is 113 cm³/mol. The van der Waals surface area contributed by atoms with Gasteiger partial charge >= 0.3 is 0 Å². The van der Waals surface area contributed by atoms with E-state index in [-0.39, 0.29) is 17.9 Å². The van der Waals surface area contributed by atoms with Crippen LogP contribution >= 0.6 is 0 Å². The summed E-state index contributed by atoms with van der Waals surface area (Å²) in [6.45, 7) is 4.00. The van der Waals surface area contributed by atoms with E-state index < -0.39 is 11.6 Å². The minimum atomic E-state index is -0.698. The molecule has 0 unspecified atom stereocenters. The maximum atomic E-state index is 13.8. The molecule has 0 saturated carbocycles. The van der Waals surface area contributed by atoms with Gasteiger partial charge in [-0.3, -0.25) is 4.79 Å². The Morgan fingerprint density at radius 2 is 1.84 bits per heavy atom. The first-order valence-electron chi connectivity index (χ1n) is 9.98. The highest BCUT2D eigenvalue weighted by Gasteiger charge is 2.23. The average Bonchev–Trinajstić information content (AvgIpc) is 2.76. The van der Waals surface area contributed by atoms with Crippen molar-refractivity contribution in [3.8, 4) is 0 Å². The van der Waals surface area contributed by atoms with Crippen LogP contribution < -0.4 is 10.2 Å². The molecular formula is C22H22F2N6O. The lowest BCUT2D eigenvalue weighted by molar-refractivity contribution is -0.130. The summed E-state index contributed by atoms with van der Waals surface area (Å²) >= 11 is 0. The molecule has 3 heterocycles. The van der Waals surface area contributed by atoms with Gasteiger partial charge in [0, 0.05) is 44.5 Å². The molecule has 0 atom stereocenters. The standard InChI is InChI=1S/C22H22F2N6O/c1-15-26-20(28-19-4-2-3-7-25-19)14-21(27-15)29-8-10-30(11-9-29)22(31)12-16-5-6-17(23)13-18(16)24/h2-7,13-14H,8-12H2,1H3,(H,25,26,27,28). The fourth-order valence-corrected chi connectivity index (χ4v) is 3.47. The van der Waals surface area contributed by atoms with E-state index in [1.807, 2.05) is 31.2 Å². The van der Waals surface area contributed by atoms with Crippen LogP contribution in [-0.2, 0) is 11.2 Å². The summed E-state index contributed by atoms with van der Waals surface area (Å²) in [6.07, 6.45) is 1.61. The van der Waals surface area contributed by atoms with E-state index in [1.54, 1.807) is 11.1 Å². The summed E-state index contributed by atoms with van der Waals surface area (Å²) in [6, 6.07) is 10.7. The van der Waals surface area contributed by atoms with Gasteiger partial charge in [0.25, 0.3) is 0 Å². The number of benzene rings is 1. The smallest absolute Gasteiger partial charge is 0.227 e. The first kappa shape index (κ1) is 20.6. The van der Waals surface area contributed by atoms with E-state index in [4.69, 9.17) is 0 Å². The monoisotopic (exact) mass is 424 g/mol. The number of pyridine rings is 1. The van der Waals surface area contributed by atoms with Gasteiger partial charge < -0.3 is 15.1 Å². The fraction of sp³-hybridized carbons (Fsp3) is 0.273. The number of carbonyl (C=O) groups is 1. The first-order chi connectivity index (χ1) is 15.0. The summed E-state index contributed by atoms with van der Waals surface area (Å²) < 4.78 is 26.9. The van der Waals surface area contributed by atoms with Crippen molar-refractivity contribution < 1.29 is 13.6 Å². The van der Waals surface area contributed by atoms with Crippen LogP contribution in [0.4, 0.5) is 26.2 Å². The minimum Gasteiger partial charge on any atom is -0.353 e. The van der Waals surface area contributed by atoms with E-state index in [0.29, 0.717) is 43.6 Å². The quantitative estimate of drug-likeness (QED) is 0.679. The van der Waals surface area contributed by atoms with Gasteiger partial charge in [-0.15, -0.1) is 0 Å². The van der Waals surface area contributed by atoms with E-state index in [1.165, 1.54) is 6.07 Å². The van der Waals surface area contributed by atoms with Crippen LogP contribution in [0.15, 0.2) is 48.7 Å². The molecule has 1 aromatic carbocycles. The Morgan fingerprint density at radius 3 is 2.55 bits per heavy atom. The number of nitrogens with one attached hydrogen (secondary N) is 1. The van der Waals surface area contributed by atoms with Crippen molar-refractivity contribution in [2.24, 2.45) is 0 Å². The number of hydrogen-bond donors (Lipinski definition) is 1. The molecule has 1 aliphatic heterocycles. The van der Waals surface area contributed by atoms with Gasteiger partial charge in [-0.05, 0) is 30.7 Å². The van der Waals surface area contributed by atoms with Crippen LogP contribution in [0.25, 0.3) is 0 Å². The molecule has 9 heteroatoms. The second-order valence-corrected chi connectivity index (χ2v) is 7.28. The Hall–Kier alpha value is -3.62. The molecule has 1 fully saturated rings. The lowest BCUT2D eigenvalue weighted by atomic mass is 10.1. The Morgan fingerprint density at radius 1 is 1.03 bits per heavy atom. The molecule has 4 rings (SSSR count). The van der Waals surface area contributed by atoms with Gasteiger partial charge in [-0.1, -0.05) is 12.1 Å². The maximum Gasteiger partial charge on any atom is 0.227 e. The van der Waals surface area contributed by atoms with Crippen molar-refractivity contribution >= 4 is 23.4 Å². The lowest BCUT2D eigenvalue weighted by Crippen LogP contribution is -2.49. The molecule has 0 spiro atoms. The van der Waals surface area contributed by atoms with Gasteiger partial charge in [0.05, 0.1) is 6.42 Å². The number of hydrogen-bond acceptors (Lipinski definition) is 6. The SMILES string of the molecule is Cc1nc(Nc2ccccn2)cc(N2CCN(C(=O)Cc3ccc(F)cc3F)CC2)n1. The highest BCUT2D eigenvalue weighted by atomic mass is 19.1. The maximum absolute atomic E-state index is 13.8. The number of aromatic nitrogens is 3. The number of aryl methyl sites for hydroxylation is 1. The number of anilines is 3. The van der Waals surface area contributed by atoms with Gasteiger partial charge in [0.2, 0.25) is 5.91 Å². The Balaban J connectivity index is 1.38. The summed E-state index contributed by atoms with van der Waals surface area (Å²) in [5, 5.41) is 3.17. The van der Waals surface area contributed by atoms with Crippen molar-refractivity contribution in [3.05, 3.63) is 71.7 Å². The number of amides is 1. The molecule has 1 N–H and O–H groups in total. The molecule has 1 aliphatic rings. The second-order valence-electron chi connectivity index (χ2n) is 7.28. The third kappa shape index (κ3) is 5.11. The molecule has 7 nitrogen and oxygen atoms in total. The van der Waals surface area contributed by atoms with Crippen LogP contribution in [0.2, 0.25) is 0 Å². The zero-order chi connectivity index (χ0) is 21.8. The lowest BCUT2D eigenvalue weighted by Gasteiger charge is -2.35.